The SMILES string of the molecule is COc1ccc2c(c1)[C@@]1(O)CC(=O)O[C@@]1(C)N2C(=O)c1ccc(Cl)cc1.COc1ccc2c(c1)[C@]1(O)CC(=O)O[C@]1(C)N2C(=O)c1ccc(Cl)cc1. The van der Waals surface area contributed by atoms with Gasteiger partial charge in [-0.3, -0.25) is 29.0 Å². The van der Waals surface area contributed by atoms with Gasteiger partial charge < -0.3 is 29.2 Å². The van der Waals surface area contributed by atoms with Crippen molar-refractivity contribution in [3.8, 4) is 11.5 Å². The van der Waals surface area contributed by atoms with Crippen LogP contribution in [0.1, 0.15) is 58.5 Å². The van der Waals surface area contributed by atoms with Crippen molar-refractivity contribution in [3.05, 3.63) is 117 Å². The van der Waals surface area contributed by atoms with Crippen LogP contribution in [0.4, 0.5) is 11.4 Å². The summed E-state index contributed by atoms with van der Waals surface area (Å²) < 4.78 is 21.4. The van der Waals surface area contributed by atoms with Gasteiger partial charge in [-0.2, -0.15) is 0 Å². The predicted molar refractivity (Wildman–Crippen MR) is 189 cm³/mol. The molecule has 4 aromatic rings. The van der Waals surface area contributed by atoms with Crippen molar-refractivity contribution in [2.24, 2.45) is 0 Å². The molecule has 2 fully saturated rings. The number of amides is 2. The predicted octanol–water partition coefficient (Wildman–Crippen LogP) is 5.72. The van der Waals surface area contributed by atoms with Crippen molar-refractivity contribution < 1.29 is 48.3 Å². The maximum atomic E-state index is 13.2. The van der Waals surface area contributed by atoms with Gasteiger partial charge in [0.05, 0.1) is 38.4 Å². The Bertz CT molecular complexity index is 2010. The van der Waals surface area contributed by atoms with E-state index in [-0.39, 0.29) is 12.8 Å². The van der Waals surface area contributed by atoms with Gasteiger partial charge in [0.15, 0.2) is 11.2 Å². The molecule has 12 nitrogen and oxygen atoms in total. The van der Waals surface area contributed by atoms with E-state index in [0.717, 1.165) is 0 Å². The van der Waals surface area contributed by atoms with E-state index < -0.39 is 46.4 Å². The molecule has 268 valence electrons. The number of benzene rings is 4. The third kappa shape index (κ3) is 5.04. The summed E-state index contributed by atoms with van der Waals surface area (Å²) in [6, 6.07) is 22.8. The highest BCUT2D eigenvalue weighted by molar-refractivity contribution is 6.31. The van der Waals surface area contributed by atoms with Gasteiger partial charge in [0.2, 0.25) is 11.4 Å². The first-order valence-electron chi connectivity index (χ1n) is 16.1. The molecule has 2 amide bonds. The van der Waals surface area contributed by atoms with Gasteiger partial charge in [-0.1, -0.05) is 23.2 Å². The normalized spacial score (nSPS) is 26.3. The first-order valence-corrected chi connectivity index (χ1v) is 16.8. The number of esters is 2. The lowest BCUT2D eigenvalue weighted by molar-refractivity contribution is -0.153. The third-order valence-electron chi connectivity index (χ3n) is 10.2. The van der Waals surface area contributed by atoms with Crippen molar-refractivity contribution in [1.82, 2.24) is 0 Å². The standard InChI is InChI=1S/2C19H16ClNO5/c2*1-18-19(24,10-16(22)26-18)14-9-13(25-2)7-8-15(14)21(18)17(23)11-3-5-12(20)6-4-11/h2*3-9,24H,10H2,1-2H3/t2*18-,19+/m10/s1. The summed E-state index contributed by atoms with van der Waals surface area (Å²) in [6.07, 6.45) is -0.484. The minimum atomic E-state index is -1.66. The van der Waals surface area contributed by atoms with Gasteiger partial charge in [0.1, 0.15) is 11.5 Å². The van der Waals surface area contributed by atoms with Crippen LogP contribution in [0.3, 0.4) is 0 Å². The summed E-state index contributed by atoms with van der Waals surface area (Å²) in [7, 11) is 3.01. The van der Waals surface area contributed by atoms with E-state index in [1.807, 2.05) is 0 Å². The zero-order chi connectivity index (χ0) is 37.4. The number of hydrogen-bond acceptors (Lipinski definition) is 10. The molecule has 14 heteroatoms. The number of rotatable bonds is 4. The second-order valence-corrected chi connectivity index (χ2v) is 13.9. The first-order chi connectivity index (χ1) is 24.6. The van der Waals surface area contributed by atoms with E-state index in [1.54, 1.807) is 84.9 Å². The number of carbonyl (C=O) groups excluding carboxylic acids is 4. The Hall–Kier alpha value is -5.14. The Kier molecular flexibility index (Phi) is 8.30. The molecule has 52 heavy (non-hydrogen) atoms. The fraction of sp³-hybridized carbons (Fsp3) is 0.263. The number of hydrogen-bond donors (Lipinski definition) is 2. The molecule has 2 saturated heterocycles. The molecule has 4 aliphatic heterocycles. The van der Waals surface area contributed by atoms with Gasteiger partial charge in [0.25, 0.3) is 11.8 Å². The number of anilines is 2. The Balaban J connectivity index is 0.000000162. The van der Waals surface area contributed by atoms with Crippen LogP contribution < -0.4 is 19.3 Å². The van der Waals surface area contributed by atoms with Gasteiger partial charge >= 0.3 is 11.9 Å². The molecule has 2 N–H and O–H groups in total. The van der Waals surface area contributed by atoms with E-state index in [4.69, 9.17) is 42.1 Å². The molecule has 8 rings (SSSR count). The number of halogens is 2. The van der Waals surface area contributed by atoms with Crippen LogP contribution in [0.5, 0.6) is 11.5 Å². The van der Waals surface area contributed by atoms with E-state index in [9.17, 15) is 29.4 Å². The maximum absolute atomic E-state index is 13.2. The molecule has 0 saturated carbocycles. The van der Waals surface area contributed by atoms with Crippen molar-refractivity contribution in [2.45, 2.75) is 49.3 Å². The van der Waals surface area contributed by atoms with E-state index in [2.05, 4.69) is 0 Å². The van der Waals surface area contributed by atoms with Crippen molar-refractivity contribution in [1.29, 1.82) is 0 Å². The topological polar surface area (TPSA) is 152 Å². The number of methoxy groups -OCH3 is 2. The zero-order valence-electron chi connectivity index (χ0n) is 28.3. The number of nitrogens with zero attached hydrogens (tertiary/aromatic N) is 2. The number of ether oxygens (including phenoxy) is 4. The van der Waals surface area contributed by atoms with Crippen LogP contribution in [-0.4, -0.2) is 59.6 Å². The Labute approximate surface area is 308 Å². The lowest BCUT2D eigenvalue weighted by atomic mass is 9.86. The van der Waals surface area contributed by atoms with Gasteiger partial charge in [-0.05, 0) is 98.8 Å². The average Bonchev–Trinajstić information content (AvgIpc) is 3.64. The van der Waals surface area contributed by atoms with Crippen LogP contribution in [0.15, 0.2) is 84.9 Å². The molecule has 4 heterocycles. The Morgan fingerprint density at radius 1 is 0.635 bits per heavy atom. The van der Waals surface area contributed by atoms with Crippen LogP contribution in [0.2, 0.25) is 10.0 Å². The third-order valence-corrected chi connectivity index (χ3v) is 10.7. The number of fused-ring (bicyclic) bond motifs is 6. The molecule has 0 unspecified atom stereocenters. The summed E-state index contributed by atoms with van der Waals surface area (Å²) in [5.41, 5.74) is -3.88. The Morgan fingerprint density at radius 3 is 1.31 bits per heavy atom. The molecular weight excluding hydrogens is 715 g/mol. The summed E-state index contributed by atoms with van der Waals surface area (Å²) >= 11 is 11.8. The highest BCUT2D eigenvalue weighted by Crippen LogP contribution is 2.59. The minimum absolute atomic E-state index is 0.242. The van der Waals surface area contributed by atoms with E-state index in [0.29, 0.717) is 55.2 Å². The van der Waals surface area contributed by atoms with Crippen LogP contribution in [-0.2, 0) is 30.3 Å². The molecule has 0 bridgehead atoms. The zero-order valence-corrected chi connectivity index (χ0v) is 29.8. The maximum Gasteiger partial charge on any atom is 0.311 e. The lowest BCUT2D eigenvalue weighted by Gasteiger charge is -2.36. The fourth-order valence-corrected chi connectivity index (χ4v) is 7.68. The van der Waals surface area contributed by atoms with Crippen molar-refractivity contribution >= 4 is 58.3 Å². The molecule has 4 aromatic carbocycles. The largest absolute Gasteiger partial charge is 0.497 e. The van der Waals surface area contributed by atoms with Gasteiger partial charge in [0, 0.05) is 32.3 Å². The molecule has 0 aromatic heterocycles. The second kappa shape index (κ2) is 12.2. The highest BCUT2D eigenvalue weighted by atomic mass is 35.5. The first kappa shape index (κ1) is 35.3. The molecule has 4 aliphatic rings. The Morgan fingerprint density at radius 2 is 0.981 bits per heavy atom. The monoisotopic (exact) mass is 746 g/mol. The van der Waals surface area contributed by atoms with Gasteiger partial charge in [-0.15, -0.1) is 0 Å². The summed E-state index contributed by atoms with van der Waals surface area (Å²) in [4.78, 5) is 53.1. The summed E-state index contributed by atoms with van der Waals surface area (Å²) in [5.74, 6) is -0.920. The van der Waals surface area contributed by atoms with Crippen LogP contribution in [0.25, 0.3) is 0 Å². The molecule has 0 aliphatic carbocycles. The fourth-order valence-electron chi connectivity index (χ4n) is 7.43. The quantitative estimate of drug-likeness (QED) is 0.248. The average molecular weight is 748 g/mol. The number of aliphatic hydroxyl groups is 2. The molecular formula is C38H32Cl2N2O10. The second-order valence-electron chi connectivity index (χ2n) is 13.0. The van der Waals surface area contributed by atoms with E-state index >= 15 is 0 Å². The molecule has 0 radical (unpaired) electrons. The number of carbonyl (C=O) groups is 4. The van der Waals surface area contributed by atoms with Gasteiger partial charge in [-0.25, -0.2) is 0 Å². The summed E-state index contributed by atoms with van der Waals surface area (Å²) in [6.45, 7) is 3.08. The van der Waals surface area contributed by atoms with Crippen molar-refractivity contribution in [2.75, 3.05) is 24.0 Å². The van der Waals surface area contributed by atoms with Crippen molar-refractivity contribution in [3.63, 3.8) is 0 Å². The van der Waals surface area contributed by atoms with Crippen LogP contribution >= 0.6 is 23.2 Å². The highest BCUT2D eigenvalue weighted by Gasteiger charge is 2.69. The smallest absolute Gasteiger partial charge is 0.311 e. The lowest BCUT2D eigenvalue weighted by Crippen LogP contribution is -2.56. The summed E-state index contributed by atoms with van der Waals surface area (Å²) in [5, 5.41) is 23.7. The van der Waals surface area contributed by atoms with Crippen LogP contribution in [0, 0.1) is 0 Å². The minimum Gasteiger partial charge on any atom is -0.497 e. The molecule has 0 spiro atoms. The van der Waals surface area contributed by atoms with E-state index in [1.165, 1.54) is 37.9 Å². The molecule has 4 atom stereocenters.